The smallest absolute Gasteiger partial charge is 0.251 e. The number of rotatable bonds is 5. The first-order valence-corrected chi connectivity index (χ1v) is 8.71. The zero-order valence-corrected chi connectivity index (χ0v) is 14.9. The Balaban J connectivity index is 1.45. The van der Waals surface area contributed by atoms with E-state index < -0.39 is 0 Å². The number of hydrogen-bond acceptors (Lipinski definition) is 5. The molecular formula is C19H25N5O. The van der Waals surface area contributed by atoms with Gasteiger partial charge in [0.05, 0.1) is 0 Å². The lowest BCUT2D eigenvalue weighted by Gasteiger charge is -2.31. The quantitative estimate of drug-likeness (QED) is 0.905. The van der Waals surface area contributed by atoms with E-state index in [1.165, 1.54) is 0 Å². The summed E-state index contributed by atoms with van der Waals surface area (Å²) in [5.74, 6) is 1.30. The van der Waals surface area contributed by atoms with Gasteiger partial charge < -0.3 is 15.1 Å². The molecule has 2 heterocycles. The van der Waals surface area contributed by atoms with Crippen molar-refractivity contribution in [3.8, 4) is 0 Å². The predicted octanol–water partition coefficient (Wildman–Crippen LogP) is 2.19. The van der Waals surface area contributed by atoms with Crippen molar-refractivity contribution in [3.05, 3.63) is 48.3 Å². The Bertz CT molecular complexity index is 679. The molecule has 1 fully saturated rings. The molecule has 1 N–H and O–H groups in total. The van der Waals surface area contributed by atoms with Crippen LogP contribution in [0.4, 0.5) is 11.6 Å². The summed E-state index contributed by atoms with van der Waals surface area (Å²) in [6, 6.07) is 9.51. The van der Waals surface area contributed by atoms with Crippen molar-refractivity contribution in [2.45, 2.75) is 12.8 Å². The highest BCUT2D eigenvalue weighted by Crippen LogP contribution is 2.20. The molecule has 0 unspecified atom stereocenters. The number of anilines is 2. The van der Waals surface area contributed by atoms with Gasteiger partial charge in [-0.25, -0.2) is 9.97 Å². The van der Waals surface area contributed by atoms with Crippen LogP contribution >= 0.6 is 0 Å². The van der Waals surface area contributed by atoms with E-state index in [4.69, 9.17) is 0 Å². The molecular weight excluding hydrogens is 314 g/mol. The van der Waals surface area contributed by atoms with Crippen molar-refractivity contribution in [2.75, 3.05) is 43.5 Å². The van der Waals surface area contributed by atoms with Crippen molar-refractivity contribution in [1.29, 1.82) is 0 Å². The van der Waals surface area contributed by atoms with Gasteiger partial charge >= 0.3 is 0 Å². The Labute approximate surface area is 148 Å². The van der Waals surface area contributed by atoms with Gasteiger partial charge in [0, 0.05) is 57.4 Å². The van der Waals surface area contributed by atoms with Gasteiger partial charge in [0.2, 0.25) is 5.95 Å². The first-order valence-electron chi connectivity index (χ1n) is 8.71. The van der Waals surface area contributed by atoms with Crippen LogP contribution in [-0.2, 0) is 0 Å². The van der Waals surface area contributed by atoms with Crippen LogP contribution < -0.4 is 15.1 Å². The Kier molecular flexibility index (Phi) is 5.48. The molecule has 0 saturated carbocycles. The zero-order valence-electron chi connectivity index (χ0n) is 14.9. The Morgan fingerprint density at radius 2 is 1.80 bits per heavy atom. The largest absolute Gasteiger partial charge is 0.378 e. The number of piperidine rings is 1. The maximum Gasteiger partial charge on any atom is 0.251 e. The number of amides is 1. The molecule has 6 heteroatoms. The van der Waals surface area contributed by atoms with E-state index in [1.807, 2.05) is 49.3 Å². The minimum atomic E-state index is -0.000807. The average molecular weight is 339 g/mol. The normalized spacial score (nSPS) is 15.0. The second kappa shape index (κ2) is 7.96. The van der Waals surface area contributed by atoms with Gasteiger partial charge in [-0.2, -0.15) is 0 Å². The summed E-state index contributed by atoms with van der Waals surface area (Å²) in [6.07, 6.45) is 5.63. The van der Waals surface area contributed by atoms with E-state index in [-0.39, 0.29) is 5.91 Å². The summed E-state index contributed by atoms with van der Waals surface area (Å²) in [5, 5.41) is 3.07. The Morgan fingerprint density at radius 1 is 1.16 bits per heavy atom. The van der Waals surface area contributed by atoms with Crippen molar-refractivity contribution in [3.63, 3.8) is 0 Å². The van der Waals surface area contributed by atoms with Gasteiger partial charge in [-0.1, -0.05) is 0 Å². The fourth-order valence-corrected chi connectivity index (χ4v) is 3.04. The van der Waals surface area contributed by atoms with Crippen molar-refractivity contribution >= 4 is 17.5 Å². The number of carbonyl (C=O) groups excluding carboxylic acids is 1. The van der Waals surface area contributed by atoms with Crippen LogP contribution in [0.3, 0.4) is 0 Å². The lowest BCUT2D eigenvalue weighted by atomic mass is 9.97. The van der Waals surface area contributed by atoms with E-state index in [1.54, 1.807) is 12.4 Å². The molecule has 1 aromatic carbocycles. The van der Waals surface area contributed by atoms with Crippen LogP contribution in [0.15, 0.2) is 42.7 Å². The molecule has 1 aliphatic rings. The Hall–Kier alpha value is -2.63. The summed E-state index contributed by atoms with van der Waals surface area (Å²) in [4.78, 5) is 25.1. The number of hydrogen-bond donors (Lipinski definition) is 1. The summed E-state index contributed by atoms with van der Waals surface area (Å²) in [6.45, 7) is 2.59. The fourth-order valence-electron chi connectivity index (χ4n) is 3.04. The molecule has 0 atom stereocenters. The van der Waals surface area contributed by atoms with Gasteiger partial charge in [0.1, 0.15) is 0 Å². The number of benzene rings is 1. The number of nitrogens with zero attached hydrogens (tertiary/aromatic N) is 4. The maximum atomic E-state index is 12.3. The minimum absolute atomic E-state index is 0.000807. The lowest BCUT2D eigenvalue weighted by molar-refractivity contribution is 0.0945. The van der Waals surface area contributed by atoms with E-state index >= 15 is 0 Å². The van der Waals surface area contributed by atoms with Gasteiger partial charge in [-0.05, 0) is 49.1 Å². The van der Waals surface area contributed by atoms with Crippen LogP contribution in [0, 0.1) is 5.92 Å². The molecule has 6 nitrogen and oxygen atoms in total. The zero-order chi connectivity index (χ0) is 17.6. The molecule has 1 amide bonds. The van der Waals surface area contributed by atoms with Crippen molar-refractivity contribution < 1.29 is 4.79 Å². The van der Waals surface area contributed by atoms with Crippen LogP contribution in [0.5, 0.6) is 0 Å². The molecule has 25 heavy (non-hydrogen) atoms. The number of aromatic nitrogens is 2. The van der Waals surface area contributed by atoms with Gasteiger partial charge in [0.25, 0.3) is 5.91 Å². The standard InChI is InChI=1S/C19H25N5O/c1-23(2)17-6-4-16(5-7-17)18(25)22-14-15-8-12-24(13-9-15)19-20-10-3-11-21-19/h3-7,10-11,15H,8-9,12-14H2,1-2H3,(H,22,25). The topological polar surface area (TPSA) is 61.4 Å². The molecule has 0 bridgehead atoms. The van der Waals surface area contributed by atoms with E-state index in [9.17, 15) is 4.79 Å². The van der Waals surface area contributed by atoms with Gasteiger partial charge in [-0.3, -0.25) is 4.79 Å². The summed E-state index contributed by atoms with van der Waals surface area (Å²) in [5.41, 5.74) is 1.80. The number of nitrogens with one attached hydrogen (secondary N) is 1. The second-order valence-corrected chi connectivity index (χ2v) is 6.63. The minimum Gasteiger partial charge on any atom is -0.378 e. The molecule has 1 aromatic heterocycles. The van der Waals surface area contributed by atoms with Crippen LogP contribution in [-0.4, -0.2) is 49.6 Å². The highest BCUT2D eigenvalue weighted by molar-refractivity contribution is 5.94. The molecule has 1 saturated heterocycles. The third-order valence-corrected chi connectivity index (χ3v) is 4.65. The molecule has 3 rings (SSSR count). The monoisotopic (exact) mass is 339 g/mol. The fraction of sp³-hybridized carbons (Fsp3) is 0.421. The molecule has 0 aliphatic carbocycles. The highest BCUT2D eigenvalue weighted by atomic mass is 16.1. The molecule has 2 aromatic rings. The summed E-state index contributed by atoms with van der Waals surface area (Å²) >= 11 is 0. The summed E-state index contributed by atoms with van der Waals surface area (Å²) in [7, 11) is 3.98. The first kappa shape index (κ1) is 17.2. The summed E-state index contributed by atoms with van der Waals surface area (Å²) < 4.78 is 0. The predicted molar refractivity (Wildman–Crippen MR) is 100 cm³/mol. The van der Waals surface area contributed by atoms with Gasteiger partial charge in [-0.15, -0.1) is 0 Å². The average Bonchev–Trinajstić information content (AvgIpc) is 2.67. The highest BCUT2D eigenvalue weighted by Gasteiger charge is 2.21. The molecule has 0 spiro atoms. The molecule has 1 aliphatic heterocycles. The SMILES string of the molecule is CN(C)c1ccc(C(=O)NCC2CCN(c3ncccn3)CC2)cc1. The van der Waals surface area contributed by atoms with E-state index in [2.05, 4.69) is 20.2 Å². The third-order valence-electron chi connectivity index (χ3n) is 4.65. The maximum absolute atomic E-state index is 12.3. The van der Waals surface area contributed by atoms with Gasteiger partial charge in [0.15, 0.2) is 0 Å². The van der Waals surface area contributed by atoms with Crippen LogP contribution in [0.2, 0.25) is 0 Å². The van der Waals surface area contributed by atoms with Crippen LogP contribution in [0.1, 0.15) is 23.2 Å². The lowest BCUT2D eigenvalue weighted by Crippen LogP contribution is -2.39. The van der Waals surface area contributed by atoms with Crippen molar-refractivity contribution in [1.82, 2.24) is 15.3 Å². The number of carbonyl (C=O) groups is 1. The Morgan fingerprint density at radius 3 is 2.40 bits per heavy atom. The second-order valence-electron chi connectivity index (χ2n) is 6.63. The molecule has 132 valence electrons. The van der Waals surface area contributed by atoms with Crippen molar-refractivity contribution in [2.24, 2.45) is 5.92 Å². The van der Waals surface area contributed by atoms with E-state index in [0.29, 0.717) is 11.5 Å². The third kappa shape index (κ3) is 4.47. The van der Waals surface area contributed by atoms with Crippen LogP contribution in [0.25, 0.3) is 0 Å². The first-order chi connectivity index (χ1) is 12.1. The molecule has 0 radical (unpaired) electrons. The van der Waals surface area contributed by atoms with E-state index in [0.717, 1.165) is 44.1 Å².